The van der Waals surface area contributed by atoms with Crippen LogP contribution in [0, 0.1) is 0 Å². The van der Waals surface area contributed by atoms with Crippen LogP contribution in [0.3, 0.4) is 0 Å². The van der Waals surface area contributed by atoms with Crippen LogP contribution in [0.25, 0.3) is 0 Å². The van der Waals surface area contributed by atoms with E-state index in [1.165, 1.54) is 12.5 Å². The first-order valence-electron chi connectivity index (χ1n) is 13.1. The van der Waals surface area contributed by atoms with E-state index in [1.54, 1.807) is 43.5 Å². The summed E-state index contributed by atoms with van der Waals surface area (Å²) in [7, 11) is 1.58. The number of methoxy groups -OCH3 is 1. The van der Waals surface area contributed by atoms with Gasteiger partial charge < -0.3 is 28.5 Å². The van der Waals surface area contributed by atoms with Gasteiger partial charge in [0.1, 0.15) is 17.8 Å². The Balaban J connectivity index is 1.18. The lowest BCUT2D eigenvalue weighted by molar-refractivity contribution is 0.0661. The smallest absolute Gasteiger partial charge is 0.290 e. The van der Waals surface area contributed by atoms with Crippen molar-refractivity contribution in [1.82, 2.24) is 9.88 Å². The minimum atomic E-state index is -0.397. The molecular formula is C32H27N3O6. The van der Waals surface area contributed by atoms with E-state index >= 15 is 0 Å². The summed E-state index contributed by atoms with van der Waals surface area (Å²) in [6.07, 6.45) is 3.51. The Bertz CT molecular complexity index is 1640. The van der Waals surface area contributed by atoms with Gasteiger partial charge in [0.05, 0.1) is 19.4 Å². The van der Waals surface area contributed by atoms with E-state index in [2.05, 4.69) is 10.3 Å². The van der Waals surface area contributed by atoms with Gasteiger partial charge in [-0.3, -0.25) is 9.59 Å². The number of hydrogen-bond donors (Lipinski definition) is 1. The molecule has 0 unspecified atom stereocenters. The number of nitrogens with one attached hydrogen (secondary N) is 1. The van der Waals surface area contributed by atoms with Crippen LogP contribution < -0.4 is 14.8 Å². The van der Waals surface area contributed by atoms with Crippen LogP contribution in [-0.2, 0) is 13.0 Å². The number of carbonyl (C=O) groups is 2. The Kier molecular flexibility index (Phi) is 7.23. The zero-order valence-corrected chi connectivity index (χ0v) is 22.3. The summed E-state index contributed by atoms with van der Waals surface area (Å²) in [5, 5.41) is 2.78. The third kappa shape index (κ3) is 5.56. The van der Waals surface area contributed by atoms with Crippen molar-refractivity contribution in [3.8, 4) is 11.5 Å². The molecule has 0 saturated carbocycles. The maximum Gasteiger partial charge on any atom is 0.290 e. The van der Waals surface area contributed by atoms with Crippen molar-refractivity contribution in [2.45, 2.75) is 19.1 Å². The van der Waals surface area contributed by atoms with Crippen molar-refractivity contribution in [2.24, 2.45) is 0 Å². The van der Waals surface area contributed by atoms with Gasteiger partial charge in [0, 0.05) is 12.2 Å². The molecular weight excluding hydrogens is 522 g/mol. The molecule has 2 aromatic heterocycles. The van der Waals surface area contributed by atoms with E-state index in [1.807, 2.05) is 53.4 Å². The minimum absolute atomic E-state index is 0.0274. The molecule has 5 aromatic rings. The second-order valence-corrected chi connectivity index (χ2v) is 9.50. The van der Waals surface area contributed by atoms with Gasteiger partial charge in [-0.1, -0.05) is 36.4 Å². The summed E-state index contributed by atoms with van der Waals surface area (Å²) in [5.74, 6) is 1.29. The molecule has 3 aromatic carbocycles. The van der Waals surface area contributed by atoms with Crippen molar-refractivity contribution in [1.29, 1.82) is 0 Å². The topological polar surface area (TPSA) is 107 Å². The number of nitrogens with zero attached hydrogens (tertiary/aromatic N) is 2. The minimum Gasteiger partial charge on any atom is -0.497 e. The average Bonchev–Trinajstić information content (AvgIpc) is 3.73. The lowest BCUT2D eigenvalue weighted by atomic mass is 9.87. The van der Waals surface area contributed by atoms with Gasteiger partial charge in [0.15, 0.2) is 18.1 Å². The number of hydrogen-bond acceptors (Lipinski definition) is 7. The molecule has 9 nitrogen and oxygen atoms in total. The van der Waals surface area contributed by atoms with Gasteiger partial charge in [-0.15, -0.1) is 0 Å². The van der Waals surface area contributed by atoms with E-state index in [0.717, 1.165) is 16.7 Å². The number of oxazole rings is 1. The van der Waals surface area contributed by atoms with Crippen LogP contribution in [0.1, 0.15) is 49.7 Å². The van der Waals surface area contributed by atoms with Crippen molar-refractivity contribution >= 4 is 17.5 Å². The molecule has 9 heteroatoms. The Morgan fingerprint density at radius 2 is 1.78 bits per heavy atom. The first-order valence-corrected chi connectivity index (χ1v) is 13.1. The third-order valence-electron chi connectivity index (χ3n) is 6.95. The highest BCUT2D eigenvalue weighted by molar-refractivity contribution is 6.02. The molecule has 1 aliphatic rings. The monoisotopic (exact) mass is 549 g/mol. The first kappa shape index (κ1) is 25.9. The maximum atomic E-state index is 13.4. The summed E-state index contributed by atoms with van der Waals surface area (Å²) in [5.41, 5.74) is 3.86. The molecule has 1 N–H and O–H groups in total. The molecule has 1 atom stereocenters. The molecule has 0 spiro atoms. The number of carbonyl (C=O) groups excluding carboxylic acids is 2. The molecule has 0 aliphatic carbocycles. The molecule has 2 amide bonds. The first-order chi connectivity index (χ1) is 20.1. The van der Waals surface area contributed by atoms with E-state index < -0.39 is 5.91 Å². The number of furan rings is 1. The number of fused-ring (bicyclic) bond motifs is 1. The van der Waals surface area contributed by atoms with E-state index in [4.69, 9.17) is 18.3 Å². The summed E-state index contributed by atoms with van der Waals surface area (Å²) in [6, 6.07) is 25.9. The molecule has 0 bridgehead atoms. The maximum absolute atomic E-state index is 13.4. The highest BCUT2D eigenvalue weighted by Crippen LogP contribution is 2.38. The summed E-state index contributed by atoms with van der Waals surface area (Å²) in [6.45, 7) is 0.587. The van der Waals surface area contributed by atoms with Gasteiger partial charge in [-0.2, -0.15) is 0 Å². The standard InChI is InChI=1S/C32H27N3O6/c1-38-24-13-10-23(11-14-24)33-31(36)27-19-41-29(34-27)20-40-25-12-9-21-15-16-35(32(37)28-8-5-17-39-28)30(26(21)18-25)22-6-3-2-4-7-22/h2-14,17-19,30H,15-16,20H2,1H3,(H,33,36)/t30-/m0/s1. The highest BCUT2D eigenvalue weighted by Gasteiger charge is 2.34. The predicted molar refractivity (Wildman–Crippen MR) is 150 cm³/mol. The van der Waals surface area contributed by atoms with Crippen LogP contribution >= 0.6 is 0 Å². The highest BCUT2D eigenvalue weighted by atomic mass is 16.5. The quantitative estimate of drug-likeness (QED) is 0.257. The molecule has 3 heterocycles. The Hall–Kier alpha value is -5.31. The van der Waals surface area contributed by atoms with Crippen LogP contribution in [0.2, 0.25) is 0 Å². The summed E-state index contributed by atoms with van der Waals surface area (Å²) in [4.78, 5) is 32.1. The van der Waals surface area contributed by atoms with Crippen LogP contribution in [0.4, 0.5) is 5.69 Å². The number of ether oxygens (including phenoxy) is 2. The van der Waals surface area contributed by atoms with Gasteiger partial charge in [-0.25, -0.2) is 4.98 Å². The summed E-state index contributed by atoms with van der Waals surface area (Å²) < 4.78 is 22.1. The number of rotatable bonds is 8. The predicted octanol–water partition coefficient (Wildman–Crippen LogP) is 5.90. The zero-order chi connectivity index (χ0) is 28.2. The van der Waals surface area contributed by atoms with Crippen molar-refractivity contribution < 1.29 is 27.9 Å². The largest absolute Gasteiger partial charge is 0.497 e. The van der Waals surface area contributed by atoms with Crippen LogP contribution in [0.5, 0.6) is 11.5 Å². The average molecular weight is 550 g/mol. The number of amides is 2. The van der Waals surface area contributed by atoms with E-state index in [0.29, 0.717) is 35.9 Å². The van der Waals surface area contributed by atoms with Crippen LogP contribution in [-0.4, -0.2) is 35.4 Å². The molecule has 0 radical (unpaired) electrons. The fourth-order valence-corrected chi connectivity index (χ4v) is 4.93. The van der Waals surface area contributed by atoms with E-state index in [9.17, 15) is 9.59 Å². The summed E-state index contributed by atoms with van der Waals surface area (Å²) >= 11 is 0. The molecule has 0 fully saturated rings. The fourth-order valence-electron chi connectivity index (χ4n) is 4.93. The number of anilines is 1. The lowest BCUT2D eigenvalue weighted by Gasteiger charge is -2.37. The second-order valence-electron chi connectivity index (χ2n) is 9.50. The Morgan fingerprint density at radius 1 is 0.976 bits per heavy atom. The molecule has 0 saturated heterocycles. The normalized spacial score (nSPS) is 14.3. The zero-order valence-electron chi connectivity index (χ0n) is 22.3. The van der Waals surface area contributed by atoms with Crippen molar-refractivity contribution in [2.75, 3.05) is 19.0 Å². The third-order valence-corrected chi connectivity index (χ3v) is 6.95. The SMILES string of the molecule is COc1ccc(NC(=O)c2coc(COc3ccc4c(c3)[C@H](c3ccccc3)N(C(=O)c3ccco3)CC4)n2)cc1. The van der Waals surface area contributed by atoms with Crippen molar-refractivity contribution in [3.63, 3.8) is 0 Å². The number of aromatic nitrogens is 1. The van der Waals surface area contributed by atoms with Gasteiger partial charge in [0.25, 0.3) is 11.8 Å². The van der Waals surface area contributed by atoms with Crippen molar-refractivity contribution in [3.05, 3.63) is 131 Å². The molecule has 206 valence electrons. The number of benzene rings is 3. The van der Waals surface area contributed by atoms with Crippen LogP contribution in [0.15, 0.2) is 106 Å². The Morgan fingerprint density at radius 3 is 2.54 bits per heavy atom. The molecule has 1 aliphatic heterocycles. The lowest BCUT2D eigenvalue weighted by Crippen LogP contribution is -2.40. The molecule has 41 heavy (non-hydrogen) atoms. The van der Waals surface area contributed by atoms with Gasteiger partial charge >= 0.3 is 0 Å². The van der Waals surface area contributed by atoms with Gasteiger partial charge in [-0.05, 0) is 71.6 Å². The fraction of sp³-hybridized carbons (Fsp3) is 0.156. The molecule has 6 rings (SSSR count). The second kappa shape index (κ2) is 11.4. The Labute approximate surface area is 236 Å². The van der Waals surface area contributed by atoms with Gasteiger partial charge in [0.2, 0.25) is 5.89 Å². The van der Waals surface area contributed by atoms with E-state index in [-0.39, 0.29) is 30.1 Å².